The maximum absolute atomic E-state index is 14.2. The highest BCUT2D eigenvalue weighted by Gasteiger charge is 2.35. The maximum atomic E-state index is 14.2. The molecule has 0 spiro atoms. The Hall–Kier alpha value is -2.44. The number of rotatable bonds is 2. The number of aryl methyl sites for hydroxylation is 1. The van der Waals surface area contributed by atoms with E-state index < -0.39 is 23.7 Å². The fourth-order valence-electron chi connectivity index (χ4n) is 2.99. The van der Waals surface area contributed by atoms with E-state index in [2.05, 4.69) is 5.32 Å². The highest BCUT2D eigenvalue weighted by Crippen LogP contribution is 2.28. The number of fused-ring (bicyclic) bond motifs is 1. The first-order chi connectivity index (χ1) is 10.5. The van der Waals surface area contributed by atoms with Crippen molar-refractivity contribution in [1.29, 1.82) is 0 Å². The molecule has 116 valence electrons. The molecule has 1 aromatic carbocycles. The van der Waals surface area contributed by atoms with E-state index in [1.165, 1.54) is 11.0 Å². The Morgan fingerprint density at radius 2 is 2.09 bits per heavy atom. The summed E-state index contributed by atoms with van der Waals surface area (Å²) in [5, 5.41) is 11.7. The molecule has 22 heavy (non-hydrogen) atoms. The number of carbonyl (C=O) groups excluding carboxylic acids is 2. The smallest absolute Gasteiger partial charge is 0.326 e. The number of carbonyl (C=O) groups is 3. The van der Waals surface area contributed by atoms with Crippen LogP contribution in [0, 0.1) is 5.82 Å². The van der Waals surface area contributed by atoms with Crippen LogP contribution in [0.4, 0.5) is 10.1 Å². The normalized spacial score (nSPS) is 20.5. The first-order valence-corrected chi connectivity index (χ1v) is 7.13. The van der Waals surface area contributed by atoms with Crippen molar-refractivity contribution >= 4 is 23.5 Å². The van der Waals surface area contributed by atoms with E-state index in [4.69, 9.17) is 5.11 Å². The van der Waals surface area contributed by atoms with Gasteiger partial charge in [-0.1, -0.05) is 0 Å². The Morgan fingerprint density at radius 3 is 2.82 bits per heavy atom. The van der Waals surface area contributed by atoms with Gasteiger partial charge in [-0.15, -0.1) is 0 Å². The Morgan fingerprint density at radius 1 is 1.32 bits per heavy atom. The molecule has 3 rings (SSSR count). The van der Waals surface area contributed by atoms with Gasteiger partial charge in [0.05, 0.1) is 5.56 Å². The van der Waals surface area contributed by atoms with Gasteiger partial charge in [0.1, 0.15) is 11.9 Å². The number of hydrogen-bond donors (Lipinski definition) is 2. The molecule has 0 bridgehead atoms. The quantitative estimate of drug-likeness (QED) is 0.864. The van der Waals surface area contributed by atoms with Gasteiger partial charge in [-0.2, -0.15) is 0 Å². The van der Waals surface area contributed by atoms with Crippen LogP contribution in [0.15, 0.2) is 12.1 Å². The molecular formula is C15H15FN2O4. The zero-order chi connectivity index (χ0) is 15.9. The van der Waals surface area contributed by atoms with Crippen molar-refractivity contribution in [2.24, 2.45) is 0 Å². The number of aliphatic carboxylic acids is 1. The van der Waals surface area contributed by atoms with Crippen LogP contribution >= 0.6 is 0 Å². The summed E-state index contributed by atoms with van der Waals surface area (Å²) < 4.78 is 14.2. The zero-order valence-electron chi connectivity index (χ0n) is 11.8. The van der Waals surface area contributed by atoms with E-state index in [1.807, 2.05) is 0 Å². The molecule has 2 amide bonds. The molecule has 1 saturated heterocycles. The van der Waals surface area contributed by atoms with E-state index in [0.717, 1.165) is 6.07 Å². The van der Waals surface area contributed by atoms with Crippen molar-refractivity contribution < 1.29 is 23.9 Å². The number of nitrogens with zero attached hydrogens (tertiary/aromatic N) is 1. The van der Waals surface area contributed by atoms with Crippen LogP contribution in [-0.4, -0.2) is 40.4 Å². The topological polar surface area (TPSA) is 86.7 Å². The molecule has 1 atom stereocenters. The molecule has 7 heteroatoms. The van der Waals surface area contributed by atoms with Gasteiger partial charge in [0, 0.05) is 18.7 Å². The summed E-state index contributed by atoms with van der Waals surface area (Å²) in [4.78, 5) is 36.1. The van der Waals surface area contributed by atoms with Crippen LogP contribution in [0.3, 0.4) is 0 Å². The van der Waals surface area contributed by atoms with Gasteiger partial charge in [-0.05, 0) is 37.0 Å². The van der Waals surface area contributed by atoms with Crippen molar-refractivity contribution in [3.63, 3.8) is 0 Å². The van der Waals surface area contributed by atoms with Gasteiger partial charge >= 0.3 is 5.97 Å². The number of hydrogen-bond acceptors (Lipinski definition) is 3. The lowest BCUT2D eigenvalue weighted by molar-refractivity contribution is -0.141. The first-order valence-electron chi connectivity index (χ1n) is 7.13. The van der Waals surface area contributed by atoms with Crippen molar-refractivity contribution in [2.45, 2.75) is 31.7 Å². The second-order valence-electron chi connectivity index (χ2n) is 5.53. The van der Waals surface area contributed by atoms with Crippen LogP contribution in [0.1, 0.15) is 35.2 Å². The number of anilines is 1. The Kier molecular flexibility index (Phi) is 3.56. The fraction of sp³-hybridized carbons (Fsp3) is 0.400. The van der Waals surface area contributed by atoms with Crippen LogP contribution in [0.25, 0.3) is 0 Å². The number of amides is 2. The summed E-state index contributed by atoms with van der Waals surface area (Å²) in [7, 11) is 0. The van der Waals surface area contributed by atoms with Crippen molar-refractivity contribution in [2.75, 3.05) is 11.9 Å². The van der Waals surface area contributed by atoms with E-state index in [-0.39, 0.29) is 17.9 Å². The Bertz CT molecular complexity index is 674. The molecule has 2 aliphatic heterocycles. The third-order valence-electron chi connectivity index (χ3n) is 4.12. The summed E-state index contributed by atoms with van der Waals surface area (Å²) in [6.07, 6.45) is 1.69. The molecule has 1 fully saturated rings. The second kappa shape index (κ2) is 5.40. The van der Waals surface area contributed by atoms with Crippen LogP contribution in [0.2, 0.25) is 0 Å². The first kappa shape index (κ1) is 14.5. The molecule has 2 heterocycles. The fourth-order valence-corrected chi connectivity index (χ4v) is 2.99. The van der Waals surface area contributed by atoms with Gasteiger partial charge in [0.2, 0.25) is 5.91 Å². The summed E-state index contributed by atoms with van der Waals surface area (Å²) >= 11 is 0. The zero-order valence-corrected chi connectivity index (χ0v) is 11.8. The minimum Gasteiger partial charge on any atom is -0.480 e. The highest BCUT2D eigenvalue weighted by atomic mass is 19.1. The molecule has 0 radical (unpaired) electrons. The maximum Gasteiger partial charge on any atom is 0.326 e. The molecule has 2 N–H and O–H groups in total. The monoisotopic (exact) mass is 306 g/mol. The lowest BCUT2D eigenvalue weighted by Crippen LogP contribution is -2.40. The van der Waals surface area contributed by atoms with E-state index in [9.17, 15) is 18.8 Å². The van der Waals surface area contributed by atoms with Gasteiger partial charge in [0.15, 0.2) is 0 Å². The largest absolute Gasteiger partial charge is 0.480 e. The Balaban J connectivity index is 1.93. The van der Waals surface area contributed by atoms with Gasteiger partial charge < -0.3 is 15.3 Å². The molecule has 0 saturated carbocycles. The third-order valence-corrected chi connectivity index (χ3v) is 4.12. The second-order valence-corrected chi connectivity index (χ2v) is 5.53. The van der Waals surface area contributed by atoms with E-state index in [1.54, 1.807) is 0 Å². The predicted molar refractivity (Wildman–Crippen MR) is 75.0 cm³/mol. The van der Waals surface area contributed by atoms with Gasteiger partial charge in [-0.3, -0.25) is 9.59 Å². The summed E-state index contributed by atoms with van der Waals surface area (Å²) in [5.74, 6) is -2.61. The number of carboxylic acids is 1. The number of benzene rings is 1. The number of likely N-dealkylation sites (tertiary alicyclic amines) is 1. The molecule has 2 aliphatic rings. The summed E-state index contributed by atoms with van der Waals surface area (Å²) in [6.45, 7) is 0.309. The van der Waals surface area contributed by atoms with Gasteiger partial charge in [0.25, 0.3) is 5.91 Å². The number of nitrogens with one attached hydrogen (secondary N) is 1. The summed E-state index contributed by atoms with van der Waals surface area (Å²) in [6, 6.07) is 1.65. The lowest BCUT2D eigenvalue weighted by atomic mass is 9.99. The van der Waals surface area contributed by atoms with E-state index in [0.29, 0.717) is 37.1 Å². The standard InChI is InChI=1S/C15H15FN2O4/c16-10-7-11-8(3-4-13(19)17-11)6-9(10)14(20)18-5-1-2-12(18)15(21)22/h6-7,12H,1-5H2,(H,17,19)(H,21,22)/t12-/m0/s1. The summed E-state index contributed by atoms with van der Waals surface area (Å²) in [5.41, 5.74) is 0.931. The average Bonchev–Trinajstić information content (AvgIpc) is 2.95. The van der Waals surface area contributed by atoms with Crippen molar-refractivity contribution in [3.8, 4) is 0 Å². The van der Waals surface area contributed by atoms with E-state index >= 15 is 0 Å². The molecule has 0 aliphatic carbocycles. The minimum absolute atomic E-state index is 0.136. The SMILES string of the molecule is O=C1CCc2cc(C(=O)N3CCC[C@H]3C(=O)O)c(F)cc2N1. The minimum atomic E-state index is -1.07. The predicted octanol–water partition coefficient (Wildman–Crippen LogP) is 1.40. The van der Waals surface area contributed by atoms with Crippen LogP contribution in [-0.2, 0) is 16.0 Å². The molecular weight excluding hydrogens is 291 g/mol. The molecule has 1 aromatic rings. The molecule has 0 unspecified atom stereocenters. The highest BCUT2D eigenvalue weighted by molar-refractivity contribution is 5.99. The molecule has 0 aromatic heterocycles. The average molecular weight is 306 g/mol. The number of carboxylic acid groups (broad SMARTS) is 1. The van der Waals surface area contributed by atoms with Gasteiger partial charge in [-0.25, -0.2) is 9.18 Å². The lowest BCUT2D eigenvalue weighted by Gasteiger charge is -2.23. The number of halogens is 1. The van der Waals surface area contributed by atoms with Crippen molar-refractivity contribution in [3.05, 3.63) is 29.1 Å². The van der Waals surface area contributed by atoms with Crippen LogP contribution in [0.5, 0.6) is 0 Å². The Labute approximate surface area is 125 Å². The third kappa shape index (κ3) is 2.43. The van der Waals surface area contributed by atoms with Crippen LogP contribution < -0.4 is 5.32 Å². The van der Waals surface area contributed by atoms with Crippen molar-refractivity contribution in [1.82, 2.24) is 4.90 Å². The molecule has 6 nitrogen and oxygen atoms in total.